The van der Waals surface area contributed by atoms with E-state index in [9.17, 15) is 4.79 Å². The van der Waals surface area contributed by atoms with Gasteiger partial charge in [-0.15, -0.1) is 0 Å². The number of aromatic carboxylic acids is 1. The molecule has 0 unspecified atom stereocenters. The van der Waals surface area contributed by atoms with Gasteiger partial charge in [0.2, 0.25) is 5.89 Å². The predicted octanol–water partition coefficient (Wildman–Crippen LogP) is 4.67. The van der Waals surface area contributed by atoms with Crippen LogP contribution in [-0.2, 0) is 12.0 Å². The van der Waals surface area contributed by atoms with Crippen LogP contribution in [0, 0.1) is 5.41 Å². The molecule has 0 saturated heterocycles. The highest BCUT2D eigenvalue weighted by Crippen LogP contribution is 2.36. The number of nitrogens with zero attached hydrogens (tertiary/aromatic N) is 1. The predicted molar refractivity (Wildman–Crippen MR) is 91.3 cm³/mol. The molecule has 2 aromatic rings. The molecule has 1 aromatic carbocycles. The van der Waals surface area contributed by atoms with E-state index in [2.05, 4.69) is 51.7 Å². The smallest absolute Gasteiger partial charge is 0.357 e. The van der Waals surface area contributed by atoms with E-state index in [1.165, 1.54) is 5.56 Å². The average molecular weight is 331 g/mol. The van der Waals surface area contributed by atoms with Crippen molar-refractivity contribution < 1.29 is 19.1 Å². The number of oxazole rings is 1. The van der Waals surface area contributed by atoms with E-state index in [4.69, 9.17) is 14.3 Å². The Kier molecular flexibility index (Phi) is 5.02. The molecule has 5 heteroatoms. The molecule has 0 spiro atoms. The first-order chi connectivity index (χ1) is 11.1. The summed E-state index contributed by atoms with van der Waals surface area (Å²) in [5.41, 5.74) is 1.48. The van der Waals surface area contributed by atoms with Crippen LogP contribution in [0.4, 0.5) is 0 Å². The summed E-state index contributed by atoms with van der Waals surface area (Å²) in [4.78, 5) is 14.6. The van der Waals surface area contributed by atoms with Crippen molar-refractivity contribution in [3.8, 4) is 5.75 Å². The summed E-state index contributed by atoms with van der Waals surface area (Å²) in [6.07, 6.45) is 2.19. The summed E-state index contributed by atoms with van der Waals surface area (Å²) >= 11 is 0. The van der Waals surface area contributed by atoms with Gasteiger partial charge in [-0.05, 0) is 34.9 Å². The van der Waals surface area contributed by atoms with Gasteiger partial charge >= 0.3 is 5.97 Å². The lowest BCUT2D eigenvalue weighted by molar-refractivity contribution is 0.0690. The molecule has 1 N–H and O–H groups in total. The van der Waals surface area contributed by atoms with Gasteiger partial charge in [-0.3, -0.25) is 0 Å². The second kappa shape index (κ2) is 6.67. The molecule has 0 amide bonds. The zero-order chi connectivity index (χ0) is 18.0. The molecule has 0 atom stereocenters. The van der Waals surface area contributed by atoms with E-state index in [-0.39, 0.29) is 29.0 Å². The fourth-order valence-electron chi connectivity index (χ4n) is 3.05. The minimum atomic E-state index is -1.12. The first-order valence-electron chi connectivity index (χ1n) is 7.98. The SMILES string of the molecule is CC(C)(C)CC(C)(C)c1ccc(OCc2nc(C(=O)O)co2)cc1. The number of ether oxygens (including phenoxy) is 1. The maximum absolute atomic E-state index is 10.8. The third-order valence-corrected chi connectivity index (χ3v) is 3.74. The quantitative estimate of drug-likeness (QED) is 0.833. The molecule has 5 nitrogen and oxygen atoms in total. The molecule has 2 rings (SSSR count). The molecule has 0 bridgehead atoms. The van der Waals surface area contributed by atoms with Crippen LogP contribution < -0.4 is 4.74 Å². The van der Waals surface area contributed by atoms with Crippen LogP contribution in [0.15, 0.2) is 34.9 Å². The molecule has 0 fully saturated rings. The number of benzene rings is 1. The van der Waals surface area contributed by atoms with Gasteiger partial charge < -0.3 is 14.3 Å². The minimum Gasteiger partial charge on any atom is -0.484 e. The van der Waals surface area contributed by atoms with E-state index in [0.29, 0.717) is 5.75 Å². The molecule has 0 aliphatic carbocycles. The molecular weight excluding hydrogens is 306 g/mol. The standard InChI is InChI=1S/C19H25NO4/c1-18(2,3)12-19(4,5)13-6-8-14(9-7-13)23-11-16-20-15(10-24-16)17(21)22/h6-10H,11-12H2,1-5H3,(H,21,22). The molecule has 1 heterocycles. The van der Waals surface area contributed by atoms with Crippen molar-refractivity contribution in [1.29, 1.82) is 0 Å². The normalized spacial score (nSPS) is 12.2. The average Bonchev–Trinajstić information content (AvgIpc) is 2.92. The van der Waals surface area contributed by atoms with Gasteiger partial charge in [-0.25, -0.2) is 9.78 Å². The van der Waals surface area contributed by atoms with E-state index < -0.39 is 5.97 Å². The maximum atomic E-state index is 10.8. The van der Waals surface area contributed by atoms with Crippen molar-refractivity contribution in [3.05, 3.63) is 47.7 Å². The van der Waals surface area contributed by atoms with Crippen molar-refractivity contribution in [2.24, 2.45) is 5.41 Å². The van der Waals surface area contributed by atoms with Crippen LogP contribution in [0.25, 0.3) is 0 Å². The highest BCUT2D eigenvalue weighted by atomic mass is 16.5. The summed E-state index contributed by atoms with van der Waals surface area (Å²) < 4.78 is 10.7. The van der Waals surface area contributed by atoms with Gasteiger partial charge in [0.1, 0.15) is 12.0 Å². The fourth-order valence-corrected chi connectivity index (χ4v) is 3.05. The molecule has 0 radical (unpaired) electrons. The summed E-state index contributed by atoms with van der Waals surface area (Å²) in [6, 6.07) is 7.97. The van der Waals surface area contributed by atoms with Gasteiger partial charge in [0.05, 0.1) is 0 Å². The van der Waals surface area contributed by atoms with Crippen molar-refractivity contribution >= 4 is 5.97 Å². The van der Waals surface area contributed by atoms with Gasteiger partial charge in [0, 0.05) is 0 Å². The van der Waals surface area contributed by atoms with Gasteiger partial charge in [-0.1, -0.05) is 46.8 Å². The van der Waals surface area contributed by atoms with Crippen molar-refractivity contribution in [1.82, 2.24) is 4.98 Å². The third-order valence-electron chi connectivity index (χ3n) is 3.74. The Morgan fingerprint density at radius 1 is 1.17 bits per heavy atom. The van der Waals surface area contributed by atoms with Gasteiger partial charge in [0.15, 0.2) is 12.3 Å². The monoisotopic (exact) mass is 331 g/mol. The Hall–Kier alpha value is -2.30. The zero-order valence-corrected chi connectivity index (χ0v) is 14.9. The molecule has 1 aromatic heterocycles. The van der Waals surface area contributed by atoms with Crippen LogP contribution in [0.5, 0.6) is 5.75 Å². The lowest BCUT2D eigenvalue weighted by Gasteiger charge is -2.33. The van der Waals surface area contributed by atoms with E-state index in [1.807, 2.05) is 12.1 Å². The lowest BCUT2D eigenvalue weighted by atomic mass is 9.72. The van der Waals surface area contributed by atoms with Crippen molar-refractivity contribution in [2.45, 2.75) is 53.1 Å². The molecular formula is C19H25NO4. The van der Waals surface area contributed by atoms with E-state index >= 15 is 0 Å². The number of hydrogen-bond acceptors (Lipinski definition) is 4. The minimum absolute atomic E-state index is 0.0791. The summed E-state index contributed by atoms with van der Waals surface area (Å²) in [5, 5.41) is 8.81. The first-order valence-corrected chi connectivity index (χ1v) is 7.98. The van der Waals surface area contributed by atoms with Gasteiger partial charge in [0.25, 0.3) is 0 Å². The van der Waals surface area contributed by atoms with Crippen LogP contribution in [0.1, 0.15) is 63.0 Å². The second-order valence-corrected chi connectivity index (χ2v) is 7.87. The molecule has 0 aliphatic heterocycles. The van der Waals surface area contributed by atoms with Crippen LogP contribution in [-0.4, -0.2) is 16.1 Å². The topological polar surface area (TPSA) is 72.6 Å². The Balaban J connectivity index is 2.00. The Bertz CT molecular complexity index is 693. The second-order valence-electron chi connectivity index (χ2n) is 7.87. The summed E-state index contributed by atoms with van der Waals surface area (Å²) in [6.45, 7) is 11.3. The fraction of sp³-hybridized carbons (Fsp3) is 0.474. The first kappa shape index (κ1) is 18.0. The Morgan fingerprint density at radius 3 is 2.29 bits per heavy atom. The van der Waals surface area contributed by atoms with E-state index in [1.54, 1.807) is 0 Å². The highest BCUT2D eigenvalue weighted by Gasteiger charge is 2.27. The number of carboxylic acids is 1. The number of rotatable bonds is 6. The lowest BCUT2D eigenvalue weighted by Crippen LogP contribution is -2.24. The third kappa shape index (κ3) is 4.85. The van der Waals surface area contributed by atoms with Crippen LogP contribution in [0.3, 0.4) is 0 Å². The number of carboxylic acid groups (broad SMARTS) is 1. The maximum Gasteiger partial charge on any atom is 0.357 e. The molecule has 0 saturated carbocycles. The molecule has 130 valence electrons. The largest absolute Gasteiger partial charge is 0.484 e. The number of carbonyl (C=O) groups is 1. The Morgan fingerprint density at radius 2 is 1.79 bits per heavy atom. The summed E-state index contributed by atoms with van der Waals surface area (Å²) in [7, 11) is 0. The number of aromatic nitrogens is 1. The van der Waals surface area contributed by atoms with Gasteiger partial charge in [-0.2, -0.15) is 0 Å². The molecule has 0 aliphatic rings. The van der Waals surface area contributed by atoms with E-state index in [0.717, 1.165) is 12.7 Å². The Labute approximate surface area is 142 Å². The summed E-state index contributed by atoms with van der Waals surface area (Å²) in [5.74, 6) is -0.180. The van der Waals surface area contributed by atoms with Crippen LogP contribution in [0.2, 0.25) is 0 Å². The van der Waals surface area contributed by atoms with Crippen molar-refractivity contribution in [2.75, 3.05) is 0 Å². The molecule has 24 heavy (non-hydrogen) atoms. The number of hydrogen-bond donors (Lipinski definition) is 1. The van der Waals surface area contributed by atoms with Crippen LogP contribution >= 0.6 is 0 Å². The highest BCUT2D eigenvalue weighted by molar-refractivity contribution is 5.84. The van der Waals surface area contributed by atoms with Crippen molar-refractivity contribution in [3.63, 3.8) is 0 Å². The zero-order valence-electron chi connectivity index (χ0n) is 14.9.